The highest BCUT2D eigenvalue weighted by Gasteiger charge is 2.05. The fourth-order valence-electron chi connectivity index (χ4n) is 1.73. The summed E-state index contributed by atoms with van der Waals surface area (Å²) in [6.45, 7) is 6.48. The number of nitrogens with zero attached hydrogens (tertiary/aromatic N) is 1. The summed E-state index contributed by atoms with van der Waals surface area (Å²) in [6, 6.07) is 5.71. The number of hydrogen-bond acceptors (Lipinski definition) is 3. The molecule has 1 aromatic carbocycles. The minimum atomic E-state index is 0.211. The Bertz CT molecular complexity index is 499. The van der Waals surface area contributed by atoms with Crippen LogP contribution in [0.1, 0.15) is 19.4 Å². The lowest BCUT2D eigenvalue weighted by Crippen LogP contribution is -2.36. The smallest absolute Gasteiger partial charge is 0.191 e. The van der Waals surface area contributed by atoms with Gasteiger partial charge in [0.2, 0.25) is 0 Å². The van der Waals surface area contributed by atoms with Crippen LogP contribution in [0.3, 0.4) is 0 Å². The van der Waals surface area contributed by atoms with Crippen LogP contribution in [0.25, 0.3) is 0 Å². The second kappa shape index (κ2) is 9.54. The summed E-state index contributed by atoms with van der Waals surface area (Å²) in [7, 11) is 1.60. The molecule has 0 aliphatic rings. The van der Waals surface area contributed by atoms with Crippen molar-refractivity contribution in [1.82, 2.24) is 10.6 Å². The number of benzene rings is 1. The molecule has 0 saturated carbocycles. The first-order chi connectivity index (χ1) is 10.2. The molecule has 0 heterocycles. The molecule has 0 aromatic heterocycles. The van der Waals surface area contributed by atoms with Gasteiger partial charge in [-0.1, -0.05) is 12.0 Å². The zero-order chi connectivity index (χ0) is 15.5. The minimum Gasteiger partial charge on any atom is -0.493 e. The number of hydrogen-bond donors (Lipinski definition) is 2. The highest BCUT2D eigenvalue weighted by Crippen LogP contribution is 2.28. The Kier molecular flexibility index (Phi) is 7.59. The molecule has 1 rings (SSSR count). The van der Waals surface area contributed by atoms with Crippen LogP contribution in [-0.2, 0) is 6.54 Å². The van der Waals surface area contributed by atoms with Crippen molar-refractivity contribution in [2.45, 2.75) is 20.4 Å². The number of methoxy groups -OCH3 is 1. The number of nitrogens with one attached hydrogen (secondary N) is 2. The minimum absolute atomic E-state index is 0.211. The van der Waals surface area contributed by atoms with Gasteiger partial charge in [-0.2, -0.15) is 0 Å². The summed E-state index contributed by atoms with van der Waals surface area (Å²) in [6.07, 6.45) is 5.22. The molecule has 0 fully saturated rings. The van der Waals surface area contributed by atoms with Crippen LogP contribution in [-0.4, -0.2) is 32.8 Å². The number of guanidine groups is 1. The maximum atomic E-state index is 5.48. The number of terminal acetylenes is 1. The molecule has 5 heteroatoms. The molecule has 0 amide bonds. The van der Waals surface area contributed by atoms with Crippen LogP contribution in [0.4, 0.5) is 0 Å². The fourth-order valence-corrected chi connectivity index (χ4v) is 1.73. The van der Waals surface area contributed by atoms with E-state index in [9.17, 15) is 0 Å². The SMILES string of the molecule is C#CCOc1cc(CN=C(NCC)NCC)ccc1OC. The van der Waals surface area contributed by atoms with E-state index in [4.69, 9.17) is 15.9 Å². The summed E-state index contributed by atoms with van der Waals surface area (Å²) in [5.74, 6) is 4.54. The summed E-state index contributed by atoms with van der Waals surface area (Å²) in [5, 5.41) is 6.36. The molecule has 0 atom stereocenters. The molecule has 0 aliphatic carbocycles. The first-order valence-electron chi connectivity index (χ1n) is 7.00. The first kappa shape index (κ1) is 16.7. The van der Waals surface area contributed by atoms with Gasteiger partial charge in [0.05, 0.1) is 13.7 Å². The van der Waals surface area contributed by atoms with Crippen molar-refractivity contribution in [3.05, 3.63) is 23.8 Å². The van der Waals surface area contributed by atoms with Crippen LogP contribution in [0.5, 0.6) is 11.5 Å². The van der Waals surface area contributed by atoms with Crippen LogP contribution in [0.2, 0.25) is 0 Å². The van der Waals surface area contributed by atoms with E-state index in [0.717, 1.165) is 24.6 Å². The number of ether oxygens (including phenoxy) is 2. The first-order valence-corrected chi connectivity index (χ1v) is 7.00. The molecule has 0 spiro atoms. The highest BCUT2D eigenvalue weighted by molar-refractivity contribution is 5.79. The van der Waals surface area contributed by atoms with Crippen LogP contribution in [0.15, 0.2) is 23.2 Å². The maximum absolute atomic E-state index is 5.48. The third-order valence-corrected chi connectivity index (χ3v) is 2.65. The predicted octanol–water partition coefficient (Wildman–Crippen LogP) is 1.78. The standard InChI is InChI=1S/C16H23N3O2/c1-5-10-21-15-11-13(8-9-14(15)20-4)12-19-16(17-6-2)18-7-3/h1,8-9,11H,6-7,10,12H2,2-4H3,(H2,17,18,19). The predicted molar refractivity (Wildman–Crippen MR) is 85.8 cm³/mol. The van der Waals surface area contributed by atoms with E-state index in [1.807, 2.05) is 32.0 Å². The van der Waals surface area contributed by atoms with Gasteiger partial charge in [-0.25, -0.2) is 4.99 Å². The van der Waals surface area contributed by atoms with Gasteiger partial charge in [0.15, 0.2) is 17.5 Å². The molecule has 1 aromatic rings. The third kappa shape index (κ3) is 5.65. The molecule has 21 heavy (non-hydrogen) atoms. The Morgan fingerprint density at radius 3 is 2.52 bits per heavy atom. The second-order valence-corrected chi connectivity index (χ2v) is 4.20. The quantitative estimate of drug-likeness (QED) is 0.456. The topological polar surface area (TPSA) is 54.9 Å². The normalized spacial score (nSPS) is 9.43. The Morgan fingerprint density at radius 2 is 1.95 bits per heavy atom. The molecule has 2 N–H and O–H groups in total. The molecule has 0 unspecified atom stereocenters. The van der Waals surface area contributed by atoms with Gasteiger partial charge in [0.1, 0.15) is 6.61 Å². The fraction of sp³-hybridized carbons (Fsp3) is 0.438. The molecule has 5 nitrogen and oxygen atoms in total. The van der Waals surface area contributed by atoms with Gasteiger partial charge in [-0.15, -0.1) is 6.42 Å². The van der Waals surface area contributed by atoms with Crippen molar-refractivity contribution in [2.75, 3.05) is 26.8 Å². The molecule has 0 bridgehead atoms. The van der Waals surface area contributed by atoms with Gasteiger partial charge >= 0.3 is 0 Å². The van der Waals surface area contributed by atoms with Crippen molar-refractivity contribution in [3.63, 3.8) is 0 Å². The lowest BCUT2D eigenvalue weighted by atomic mass is 10.2. The van der Waals surface area contributed by atoms with E-state index in [1.54, 1.807) is 7.11 Å². The van der Waals surface area contributed by atoms with Crippen molar-refractivity contribution >= 4 is 5.96 Å². The number of rotatable bonds is 7. The average Bonchev–Trinajstić information content (AvgIpc) is 2.51. The summed E-state index contributed by atoms with van der Waals surface area (Å²) in [4.78, 5) is 4.51. The van der Waals surface area contributed by atoms with Crippen molar-refractivity contribution in [3.8, 4) is 23.8 Å². The van der Waals surface area contributed by atoms with E-state index >= 15 is 0 Å². The van der Waals surface area contributed by atoms with E-state index < -0.39 is 0 Å². The van der Waals surface area contributed by atoms with Crippen LogP contribution in [0, 0.1) is 12.3 Å². The average molecular weight is 289 g/mol. The van der Waals surface area contributed by atoms with Gasteiger partial charge in [0, 0.05) is 13.1 Å². The summed E-state index contributed by atoms with van der Waals surface area (Å²) in [5.41, 5.74) is 1.02. The van der Waals surface area contributed by atoms with Crippen molar-refractivity contribution < 1.29 is 9.47 Å². The van der Waals surface area contributed by atoms with Crippen LogP contribution < -0.4 is 20.1 Å². The van der Waals surface area contributed by atoms with Crippen molar-refractivity contribution in [1.29, 1.82) is 0 Å². The van der Waals surface area contributed by atoms with E-state index in [0.29, 0.717) is 18.0 Å². The second-order valence-electron chi connectivity index (χ2n) is 4.20. The Balaban J connectivity index is 2.83. The largest absolute Gasteiger partial charge is 0.493 e. The molecule has 0 aliphatic heterocycles. The van der Waals surface area contributed by atoms with Gasteiger partial charge in [-0.3, -0.25) is 0 Å². The lowest BCUT2D eigenvalue weighted by Gasteiger charge is -2.11. The van der Waals surface area contributed by atoms with E-state index in [2.05, 4.69) is 21.5 Å². The van der Waals surface area contributed by atoms with Gasteiger partial charge < -0.3 is 20.1 Å². The van der Waals surface area contributed by atoms with E-state index in [-0.39, 0.29) is 6.61 Å². The Morgan fingerprint density at radius 1 is 1.24 bits per heavy atom. The lowest BCUT2D eigenvalue weighted by molar-refractivity contribution is 0.330. The molecule has 0 saturated heterocycles. The Labute approximate surface area is 126 Å². The molecule has 0 radical (unpaired) electrons. The molecule has 114 valence electrons. The van der Waals surface area contributed by atoms with Crippen LogP contribution >= 0.6 is 0 Å². The van der Waals surface area contributed by atoms with Crippen molar-refractivity contribution in [2.24, 2.45) is 4.99 Å². The zero-order valence-corrected chi connectivity index (χ0v) is 12.9. The zero-order valence-electron chi connectivity index (χ0n) is 12.9. The third-order valence-electron chi connectivity index (χ3n) is 2.65. The monoisotopic (exact) mass is 289 g/mol. The van der Waals surface area contributed by atoms with Gasteiger partial charge in [-0.05, 0) is 31.5 Å². The summed E-state index contributed by atoms with van der Waals surface area (Å²) >= 11 is 0. The number of aliphatic imine (C=N–C) groups is 1. The summed E-state index contributed by atoms with van der Waals surface area (Å²) < 4.78 is 10.7. The highest BCUT2D eigenvalue weighted by atomic mass is 16.5. The molecular formula is C16H23N3O2. The molecular weight excluding hydrogens is 266 g/mol. The van der Waals surface area contributed by atoms with E-state index in [1.165, 1.54) is 0 Å². The maximum Gasteiger partial charge on any atom is 0.191 e. The van der Waals surface area contributed by atoms with Gasteiger partial charge in [0.25, 0.3) is 0 Å². The Hall–Kier alpha value is -2.35.